The fourth-order valence-electron chi connectivity index (χ4n) is 0.133. The fraction of sp³-hybridized carbons (Fsp3) is 0.500. The van der Waals surface area contributed by atoms with Crippen LogP contribution in [0.2, 0.25) is 0 Å². The van der Waals surface area contributed by atoms with E-state index in [0.717, 1.165) is 0 Å². The van der Waals surface area contributed by atoms with Crippen LogP contribution in [-0.2, 0) is 4.74 Å². The van der Waals surface area contributed by atoms with Crippen molar-refractivity contribution in [2.24, 2.45) is 0 Å². The first-order chi connectivity index (χ1) is 3.31. The van der Waals surface area contributed by atoms with Crippen LogP contribution < -0.4 is 0 Å². The normalized spacial score (nSPS) is 13.4. The molecule has 0 aromatic carbocycles. The van der Waals surface area contributed by atoms with Gasteiger partial charge in [0.15, 0.2) is 6.29 Å². The molecule has 7 heavy (non-hydrogen) atoms. The molecule has 0 aromatic heterocycles. The Morgan fingerprint density at radius 1 is 2.00 bits per heavy atom. The zero-order valence-corrected chi connectivity index (χ0v) is 5.96. The molecular formula is C4H7IO2. The Morgan fingerprint density at radius 2 is 2.57 bits per heavy atom. The largest absolute Gasteiger partial charge is 0.365 e. The van der Waals surface area contributed by atoms with Crippen LogP contribution in [0.5, 0.6) is 0 Å². The molecule has 0 aliphatic rings. The summed E-state index contributed by atoms with van der Waals surface area (Å²) < 4.78 is 5.11. The van der Waals surface area contributed by atoms with Gasteiger partial charge in [0, 0.05) is 0 Å². The molecule has 0 fully saturated rings. The molecule has 0 saturated carbocycles. The highest BCUT2D eigenvalue weighted by Crippen LogP contribution is 1.90. The van der Waals surface area contributed by atoms with Gasteiger partial charge in [-0.2, -0.15) is 0 Å². The summed E-state index contributed by atoms with van der Waals surface area (Å²) in [4.78, 5) is 0. The number of alkyl halides is 1. The Morgan fingerprint density at radius 3 is 2.71 bits per heavy atom. The lowest BCUT2D eigenvalue weighted by Gasteiger charge is -2.00. The van der Waals surface area contributed by atoms with Gasteiger partial charge in [-0.05, 0) is 6.08 Å². The molecule has 0 amide bonds. The molecule has 0 rings (SSSR count). The predicted octanol–water partition coefficient (Wildman–Crippen LogP) is 0.900. The van der Waals surface area contributed by atoms with Gasteiger partial charge in [-0.1, -0.05) is 29.2 Å². The number of aliphatic hydroxyl groups excluding tert-OH is 1. The average Bonchev–Trinajstić information content (AvgIpc) is 1.68. The van der Waals surface area contributed by atoms with E-state index in [-0.39, 0.29) is 0 Å². The minimum Gasteiger partial charge on any atom is -0.365 e. The number of ether oxygens (including phenoxy) is 1. The molecule has 1 unspecified atom stereocenters. The lowest BCUT2D eigenvalue weighted by Crippen LogP contribution is -2.04. The Bertz CT molecular complexity index is 55.7. The Labute approximate surface area is 56.3 Å². The minimum absolute atomic E-state index is 0.491. The first-order valence-corrected chi connectivity index (χ1v) is 3.32. The third kappa shape index (κ3) is 4.24. The van der Waals surface area contributed by atoms with Crippen LogP contribution in [0.1, 0.15) is 0 Å². The number of halogens is 1. The molecule has 0 aliphatic carbocycles. The van der Waals surface area contributed by atoms with E-state index in [9.17, 15) is 0 Å². The molecule has 0 saturated heterocycles. The summed E-state index contributed by atoms with van der Waals surface area (Å²) in [6.07, 6.45) is 0.537. The SMILES string of the molecule is C=CC(O)OCI. The van der Waals surface area contributed by atoms with Gasteiger partial charge in [0.05, 0.1) is 0 Å². The first-order valence-electron chi connectivity index (χ1n) is 1.79. The summed E-state index contributed by atoms with van der Waals surface area (Å²) in [5.74, 6) is 0. The second kappa shape index (κ2) is 4.55. The average molecular weight is 214 g/mol. The lowest BCUT2D eigenvalue weighted by molar-refractivity contribution is -0.0390. The van der Waals surface area contributed by atoms with E-state index in [0.29, 0.717) is 4.61 Å². The Kier molecular flexibility index (Phi) is 4.80. The van der Waals surface area contributed by atoms with Crippen molar-refractivity contribution in [3.05, 3.63) is 12.7 Å². The second-order valence-electron chi connectivity index (χ2n) is 0.902. The van der Waals surface area contributed by atoms with E-state index >= 15 is 0 Å². The van der Waals surface area contributed by atoms with Gasteiger partial charge in [-0.25, -0.2) is 0 Å². The van der Waals surface area contributed by atoms with Gasteiger partial charge in [-0.15, -0.1) is 0 Å². The molecule has 0 aliphatic heterocycles. The van der Waals surface area contributed by atoms with Crippen LogP contribution in [0.4, 0.5) is 0 Å². The third-order valence-corrected chi connectivity index (χ3v) is 0.795. The van der Waals surface area contributed by atoms with Crippen molar-refractivity contribution < 1.29 is 9.84 Å². The summed E-state index contributed by atoms with van der Waals surface area (Å²) in [5, 5.41) is 8.51. The summed E-state index contributed by atoms with van der Waals surface area (Å²) in [6, 6.07) is 0. The highest BCUT2D eigenvalue weighted by molar-refractivity contribution is 14.1. The summed E-state index contributed by atoms with van der Waals surface area (Å²) in [6.45, 7) is 3.30. The second-order valence-corrected chi connectivity index (χ2v) is 1.52. The molecule has 0 spiro atoms. The zero-order valence-electron chi connectivity index (χ0n) is 3.80. The number of hydrogen-bond donors (Lipinski definition) is 1. The topological polar surface area (TPSA) is 29.5 Å². The van der Waals surface area contributed by atoms with Crippen molar-refractivity contribution in [3.63, 3.8) is 0 Å². The molecular weight excluding hydrogens is 207 g/mol. The van der Waals surface area contributed by atoms with Gasteiger partial charge >= 0.3 is 0 Å². The minimum atomic E-state index is -0.795. The van der Waals surface area contributed by atoms with Crippen LogP contribution in [0.15, 0.2) is 12.7 Å². The molecule has 0 aromatic rings. The van der Waals surface area contributed by atoms with Crippen LogP contribution in [0.3, 0.4) is 0 Å². The van der Waals surface area contributed by atoms with Gasteiger partial charge < -0.3 is 9.84 Å². The highest BCUT2D eigenvalue weighted by atomic mass is 127. The van der Waals surface area contributed by atoms with Gasteiger partial charge in [0.1, 0.15) is 4.61 Å². The van der Waals surface area contributed by atoms with E-state index in [1.54, 1.807) is 0 Å². The van der Waals surface area contributed by atoms with Crippen LogP contribution in [-0.4, -0.2) is 16.0 Å². The first kappa shape index (κ1) is 7.39. The van der Waals surface area contributed by atoms with Crippen molar-refractivity contribution in [1.82, 2.24) is 0 Å². The van der Waals surface area contributed by atoms with E-state index in [4.69, 9.17) is 5.11 Å². The van der Waals surface area contributed by atoms with E-state index in [2.05, 4.69) is 11.3 Å². The predicted molar refractivity (Wildman–Crippen MR) is 36.2 cm³/mol. The molecule has 0 heterocycles. The number of hydrogen-bond acceptors (Lipinski definition) is 2. The maximum Gasteiger partial charge on any atom is 0.174 e. The van der Waals surface area contributed by atoms with Crippen molar-refractivity contribution in [3.8, 4) is 0 Å². The van der Waals surface area contributed by atoms with Gasteiger partial charge in [0.25, 0.3) is 0 Å². The van der Waals surface area contributed by atoms with Crippen molar-refractivity contribution in [2.75, 3.05) is 4.61 Å². The van der Waals surface area contributed by atoms with E-state index in [1.165, 1.54) is 6.08 Å². The smallest absolute Gasteiger partial charge is 0.174 e. The molecule has 1 N–H and O–H groups in total. The standard InChI is InChI=1S/C4H7IO2/c1-2-4(6)7-3-5/h2,4,6H,1,3H2. The van der Waals surface area contributed by atoms with Crippen molar-refractivity contribution >= 4 is 22.6 Å². The maximum atomic E-state index is 8.51. The summed E-state index contributed by atoms with van der Waals surface area (Å²) >= 11 is 2.00. The summed E-state index contributed by atoms with van der Waals surface area (Å²) in [7, 11) is 0. The molecule has 2 nitrogen and oxygen atoms in total. The maximum absolute atomic E-state index is 8.51. The number of aliphatic hydroxyl groups is 1. The number of rotatable bonds is 3. The van der Waals surface area contributed by atoms with Crippen LogP contribution in [0, 0.1) is 0 Å². The van der Waals surface area contributed by atoms with E-state index in [1.807, 2.05) is 22.6 Å². The monoisotopic (exact) mass is 214 g/mol. The van der Waals surface area contributed by atoms with Crippen molar-refractivity contribution in [2.45, 2.75) is 6.29 Å². The highest BCUT2D eigenvalue weighted by Gasteiger charge is 1.90. The van der Waals surface area contributed by atoms with Gasteiger partial charge in [0.2, 0.25) is 0 Å². The molecule has 0 radical (unpaired) electrons. The Balaban J connectivity index is 2.98. The molecule has 0 bridgehead atoms. The van der Waals surface area contributed by atoms with Crippen LogP contribution in [0.25, 0.3) is 0 Å². The molecule has 1 atom stereocenters. The van der Waals surface area contributed by atoms with Gasteiger partial charge in [-0.3, -0.25) is 0 Å². The fourth-order valence-corrected chi connectivity index (χ4v) is 0.501. The summed E-state index contributed by atoms with van der Waals surface area (Å²) in [5.41, 5.74) is 0. The molecule has 3 heteroatoms. The van der Waals surface area contributed by atoms with E-state index < -0.39 is 6.29 Å². The third-order valence-electron chi connectivity index (χ3n) is 0.435. The lowest BCUT2D eigenvalue weighted by atomic mass is 10.6. The zero-order chi connectivity index (χ0) is 5.70. The quantitative estimate of drug-likeness (QED) is 0.327. The Hall–Kier alpha value is 0.390. The van der Waals surface area contributed by atoms with Crippen LogP contribution >= 0.6 is 22.6 Å². The molecule has 42 valence electrons. The van der Waals surface area contributed by atoms with Crippen molar-refractivity contribution in [1.29, 1.82) is 0 Å².